The molecule has 1 unspecified atom stereocenters. The normalized spacial score (nSPS) is 18.5. The minimum Gasteiger partial charge on any atom is -0.478 e. The van der Waals surface area contributed by atoms with E-state index in [2.05, 4.69) is 19.9 Å². The van der Waals surface area contributed by atoms with Crippen molar-refractivity contribution in [3.05, 3.63) is 53.0 Å². The second-order valence-electron chi connectivity index (χ2n) is 9.17. The van der Waals surface area contributed by atoms with Crippen molar-refractivity contribution in [2.45, 2.75) is 31.7 Å². The maximum Gasteiger partial charge on any atom is 0.337 e. The maximum absolute atomic E-state index is 12.2. The van der Waals surface area contributed by atoms with E-state index in [0.717, 1.165) is 85.0 Å². The number of H-pyrrole nitrogens is 1. The highest BCUT2D eigenvalue weighted by Crippen LogP contribution is 2.44. The van der Waals surface area contributed by atoms with Crippen molar-refractivity contribution in [1.82, 2.24) is 15.0 Å². The first-order valence-electron chi connectivity index (χ1n) is 11.6. The van der Waals surface area contributed by atoms with E-state index in [-0.39, 0.29) is 6.04 Å². The lowest BCUT2D eigenvalue weighted by Gasteiger charge is -2.27. The van der Waals surface area contributed by atoms with Crippen molar-refractivity contribution in [3.8, 4) is 22.5 Å². The molecule has 1 aliphatic heterocycles. The first kappa shape index (κ1) is 20.4. The molecule has 2 fully saturated rings. The molecule has 2 aliphatic carbocycles. The number of nitrogens with two attached hydrogens (primary N) is 1. The summed E-state index contributed by atoms with van der Waals surface area (Å²) in [6, 6.07) is 5.86. The van der Waals surface area contributed by atoms with Gasteiger partial charge in [0, 0.05) is 48.3 Å². The molecule has 0 aromatic carbocycles. The number of aromatic nitrogens is 3. The summed E-state index contributed by atoms with van der Waals surface area (Å²) in [5.41, 5.74) is 13.1. The van der Waals surface area contributed by atoms with Crippen LogP contribution in [0.3, 0.4) is 0 Å². The molecule has 3 aliphatic rings. The first-order chi connectivity index (χ1) is 16.1. The van der Waals surface area contributed by atoms with Gasteiger partial charge in [-0.2, -0.15) is 0 Å². The monoisotopic (exact) mass is 445 g/mol. The number of aryl methyl sites for hydroxylation is 1. The largest absolute Gasteiger partial charge is 0.478 e. The van der Waals surface area contributed by atoms with Gasteiger partial charge in [0.15, 0.2) is 0 Å². The second-order valence-corrected chi connectivity index (χ2v) is 9.17. The standard InChI is InChI=1S/C25H27N5O3/c26-22(14-1-2-14)24-21(25(31)32)17-5-3-15-12-27-19(11-18(15)23(17)29-24)16-4-6-20(28-13-16)30-7-9-33-10-8-30/h4,6,11-14,22,29H,1-3,5,7-10,26H2,(H,31,32). The van der Waals surface area contributed by atoms with Crippen LogP contribution in [0.5, 0.6) is 0 Å². The molecule has 8 heteroatoms. The number of hydrogen-bond donors (Lipinski definition) is 3. The maximum atomic E-state index is 12.2. The summed E-state index contributed by atoms with van der Waals surface area (Å²) >= 11 is 0. The number of rotatable bonds is 5. The van der Waals surface area contributed by atoms with Crippen LogP contribution >= 0.6 is 0 Å². The number of morpholine rings is 1. The lowest BCUT2D eigenvalue weighted by molar-refractivity contribution is 0.0694. The molecule has 4 N–H and O–H groups in total. The van der Waals surface area contributed by atoms with Gasteiger partial charge in [0.25, 0.3) is 0 Å². The van der Waals surface area contributed by atoms with E-state index in [1.54, 1.807) is 0 Å². The third-order valence-corrected chi connectivity index (χ3v) is 7.09. The Morgan fingerprint density at radius 2 is 2.00 bits per heavy atom. The van der Waals surface area contributed by atoms with Crippen LogP contribution in [0.1, 0.15) is 46.1 Å². The molecular weight excluding hydrogens is 418 g/mol. The number of fused-ring (bicyclic) bond motifs is 3. The third-order valence-electron chi connectivity index (χ3n) is 7.09. The van der Waals surface area contributed by atoms with Crippen LogP contribution in [0.15, 0.2) is 30.6 Å². The zero-order valence-electron chi connectivity index (χ0n) is 18.4. The molecule has 3 aromatic rings. The molecule has 0 amide bonds. The number of anilines is 1. The quantitative estimate of drug-likeness (QED) is 0.552. The van der Waals surface area contributed by atoms with Gasteiger partial charge in [0.2, 0.25) is 0 Å². The summed E-state index contributed by atoms with van der Waals surface area (Å²) in [7, 11) is 0. The molecule has 170 valence electrons. The number of pyridine rings is 2. The van der Waals surface area contributed by atoms with Crippen molar-refractivity contribution in [1.29, 1.82) is 0 Å². The fourth-order valence-corrected chi connectivity index (χ4v) is 5.08. The molecule has 0 bridgehead atoms. The third kappa shape index (κ3) is 3.59. The smallest absolute Gasteiger partial charge is 0.337 e. The van der Waals surface area contributed by atoms with E-state index in [1.165, 1.54) is 0 Å². The molecule has 1 saturated carbocycles. The number of aromatic amines is 1. The van der Waals surface area contributed by atoms with Gasteiger partial charge in [0.1, 0.15) is 5.82 Å². The Morgan fingerprint density at radius 3 is 2.70 bits per heavy atom. The fraction of sp³-hybridized carbons (Fsp3) is 0.400. The molecule has 4 heterocycles. The average Bonchev–Trinajstić information content (AvgIpc) is 3.63. The number of nitrogens with one attached hydrogen (secondary N) is 1. The summed E-state index contributed by atoms with van der Waals surface area (Å²) in [4.78, 5) is 27.1. The zero-order chi connectivity index (χ0) is 22.5. The van der Waals surface area contributed by atoms with Gasteiger partial charge in [-0.1, -0.05) is 0 Å². The Bertz CT molecular complexity index is 1210. The summed E-state index contributed by atoms with van der Waals surface area (Å²) in [5.74, 6) is 0.405. The van der Waals surface area contributed by atoms with E-state index in [4.69, 9.17) is 10.5 Å². The molecule has 0 spiro atoms. The van der Waals surface area contributed by atoms with Gasteiger partial charge >= 0.3 is 5.97 Å². The van der Waals surface area contributed by atoms with Gasteiger partial charge in [-0.3, -0.25) is 4.98 Å². The number of aromatic carboxylic acids is 1. The lowest BCUT2D eigenvalue weighted by atomic mass is 9.88. The molecule has 8 nitrogen and oxygen atoms in total. The van der Waals surface area contributed by atoms with Crippen LogP contribution in [0.4, 0.5) is 5.82 Å². The van der Waals surface area contributed by atoms with Gasteiger partial charge in [-0.15, -0.1) is 0 Å². The van der Waals surface area contributed by atoms with Crippen LogP contribution in [-0.4, -0.2) is 52.3 Å². The van der Waals surface area contributed by atoms with E-state index in [9.17, 15) is 9.90 Å². The molecule has 33 heavy (non-hydrogen) atoms. The number of nitrogens with zero attached hydrogens (tertiary/aromatic N) is 3. The number of carboxylic acids is 1. The second kappa shape index (κ2) is 7.97. The van der Waals surface area contributed by atoms with Crippen molar-refractivity contribution in [2.24, 2.45) is 11.7 Å². The van der Waals surface area contributed by atoms with E-state index in [0.29, 0.717) is 23.6 Å². The Hall–Kier alpha value is -3.23. The Morgan fingerprint density at radius 1 is 1.18 bits per heavy atom. The highest BCUT2D eigenvalue weighted by atomic mass is 16.5. The number of ether oxygens (including phenoxy) is 1. The van der Waals surface area contributed by atoms with Gasteiger partial charge in [0.05, 0.1) is 30.2 Å². The first-order valence-corrected chi connectivity index (χ1v) is 11.6. The van der Waals surface area contributed by atoms with Crippen LogP contribution in [0.25, 0.3) is 22.5 Å². The number of hydrogen-bond acceptors (Lipinski definition) is 6. The van der Waals surface area contributed by atoms with Crippen molar-refractivity contribution >= 4 is 11.8 Å². The lowest BCUT2D eigenvalue weighted by Crippen LogP contribution is -2.36. The average molecular weight is 446 g/mol. The number of carbonyl (C=O) groups is 1. The number of carboxylic acid groups (broad SMARTS) is 1. The van der Waals surface area contributed by atoms with Crippen molar-refractivity contribution < 1.29 is 14.6 Å². The highest BCUT2D eigenvalue weighted by Gasteiger charge is 2.36. The van der Waals surface area contributed by atoms with Gasteiger partial charge < -0.3 is 25.5 Å². The van der Waals surface area contributed by atoms with Crippen molar-refractivity contribution in [3.63, 3.8) is 0 Å². The van der Waals surface area contributed by atoms with Gasteiger partial charge in [-0.25, -0.2) is 9.78 Å². The van der Waals surface area contributed by atoms with E-state index in [1.807, 2.05) is 30.6 Å². The Balaban J connectivity index is 1.37. The molecular formula is C25H27N5O3. The topological polar surface area (TPSA) is 117 Å². The SMILES string of the molecule is NC(c1[nH]c2c(c1C(=O)O)CCc1cnc(-c3ccc(N4CCOCC4)nc3)cc1-2)C1CC1. The van der Waals surface area contributed by atoms with E-state index >= 15 is 0 Å². The van der Waals surface area contributed by atoms with Crippen molar-refractivity contribution in [2.75, 3.05) is 31.2 Å². The molecule has 3 aromatic heterocycles. The molecule has 1 saturated heterocycles. The molecule has 0 radical (unpaired) electrons. The predicted octanol–water partition coefficient (Wildman–Crippen LogP) is 3.18. The summed E-state index contributed by atoms with van der Waals surface area (Å²) in [6.45, 7) is 3.13. The van der Waals surface area contributed by atoms with Crippen LogP contribution < -0.4 is 10.6 Å². The van der Waals surface area contributed by atoms with Crippen LogP contribution in [-0.2, 0) is 17.6 Å². The summed E-state index contributed by atoms with van der Waals surface area (Å²) in [6.07, 6.45) is 7.32. The summed E-state index contributed by atoms with van der Waals surface area (Å²) in [5, 5.41) is 9.97. The zero-order valence-corrected chi connectivity index (χ0v) is 18.4. The van der Waals surface area contributed by atoms with Crippen LogP contribution in [0, 0.1) is 5.92 Å². The van der Waals surface area contributed by atoms with Crippen LogP contribution in [0.2, 0.25) is 0 Å². The minimum atomic E-state index is -0.903. The van der Waals surface area contributed by atoms with Gasteiger partial charge in [-0.05, 0) is 60.9 Å². The molecule has 1 atom stereocenters. The summed E-state index contributed by atoms with van der Waals surface area (Å²) < 4.78 is 5.42. The minimum absolute atomic E-state index is 0.261. The Labute approximate surface area is 191 Å². The highest BCUT2D eigenvalue weighted by molar-refractivity contribution is 5.95. The van der Waals surface area contributed by atoms with E-state index < -0.39 is 5.97 Å². The predicted molar refractivity (Wildman–Crippen MR) is 124 cm³/mol. The fourth-order valence-electron chi connectivity index (χ4n) is 5.08. The Kier molecular flexibility index (Phi) is 4.92. The molecule has 6 rings (SSSR count).